The second-order valence-electron chi connectivity index (χ2n) is 4.69. The molecule has 0 amide bonds. The normalized spacial score (nSPS) is 20.7. The van der Waals surface area contributed by atoms with Gasteiger partial charge in [0, 0.05) is 19.1 Å². The Bertz CT molecular complexity index is 333. The lowest BCUT2D eigenvalue weighted by atomic mass is 10.2. The maximum atomic E-state index is 5.60. The van der Waals surface area contributed by atoms with Crippen molar-refractivity contribution in [2.45, 2.75) is 18.9 Å². The molecule has 2 heterocycles. The molecular weight excluding hydrogens is 200 g/mol. The molecule has 4 heteroatoms. The van der Waals surface area contributed by atoms with Crippen LogP contribution in [0.2, 0.25) is 0 Å². The number of aromatic nitrogens is 1. The lowest BCUT2D eigenvalue weighted by molar-refractivity contribution is 0.372. The fraction of sp³-hybridized carbons (Fsp3) is 0.583. The van der Waals surface area contributed by atoms with Crippen LogP contribution in [0.15, 0.2) is 18.3 Å². The Hall–Kier alpha value is -1.29. The molecule has 1 aliphatic rings. The van der Waals surface area contributed by atoms with Crippen LogP contribution in [0, 0.1) is 0 Å². The first-order valence-corrected chi connectivity index (χ1v) is 5.80. The highest BCUT2D eigenvalue weighted by Crippen LogP contribution is 2.25. The lowest BCUT2D eigenvalue weighted by Crippen LogP contribution is -2.37. The van der Waals surface area contributed by atoms with Gasteiger partial charge in [-0.1, -0.05) is 0 Å². The van der Waals surface area contributed by atoms with E-state index in [4.69, 9.17) is 5.73 Å². The molecule has 1 saturated heterocycles. The standard InChI is InChI=1S/C12H20N4/c1-15(2)9-11-4-3-7-16(11)10-5-6-12(13)14-8-10/h5-6,8,11H,3-4,7,9H2,1-2H3,(H2,13,14). The molecule has 1 aliphatic heterocycles. The quantitative estimate of drug-likeness (QED) is 0.831. The monoisotopic (exact) mass is 220 g/mol. The molecule has 0 spiro atoms. The summed E-state index contributed by atoms with van der Waals surface area (Å²) in [5, 5.41) is 0. The first kappa shape index (κ1) is 11.2. The number of nitrogens with zero attached hydrogens (tertiary/aromatic N) is 3. The highest BCUT2D eigenvalue weighted by atomic mass is 15.2. The molecule has 2 rings (SSSR count). The van der Waals surface area contributed by atoms with Crippen molar-refractivity contribution in [2.75, 3.05) is 37.8 Å². The second-order valence-corrected chi connectivity index (χ2v) is 4.69. The molecule has 1 aromatic rings. The Labute approximate surface area is 97.1 Å². The van der Waals surface area contributed by atoms with Crippen LogP contribution in [0.1, 0.15) is 12.8 Å². The summed E-state index contributed by atoms with van der Waals surface area (Å²) in [4.78, 5) is 8.84. The lowest BCUT2D eigenvalue weighted by Gasteiger charge is -2.28. The largest absolute Gasteiger partial charge is 0.384 e. The molecule has 2 N–H and O–H groups in total. The summed E-state index contributed by atoms with van der Waals surface area (Å²) in [6, 6.07) is 4.55. The molecule has 1 atom stereocenters. The molecule has 0 aromatic carbocycles. The number of nitrogen functional groups attached to an aromatic ring is 1. The van der Waals surface area contributed by atoms with Crippen molar-refractivity contribution in [1.82, 2.24) is 9.88 Å². The van der Waals surface area contributed by atoms with E-state index in [2.05, 4.69) is 34.9 Å². The van der Waals surface area contributed by atoms with Gasteiger partial charge in [-0.15, -0.1) is 0 Å². The van der Waals surface area contributed by atoms with Crippen LogP contribution in [0.5, 0.6) is 0 Å². The first-order chi connectivity index (χ1) is 7.66. The molecule has 4 nitrogen and oxygen atoms in total. The average molecular weight is 220 g/mol. The number of hydrogen-bond donors (Lipinski definition) is 1. The molecule has 0 aliphatic carbocycles. The van der Waals surface area contributed by atoms with E-state index in [0.717, 1.165) is 13.1 Å². The number of nitrogens with two attached hydrogens (primary N) is 1. The summed E-state index contributed by atoms with van der Waals surface area (Å²) >= 11 is 0. The maximum absolute atomic E-state index is 5.60. The maximum Gasteiger partial charge on any atom is 0.123 e. The smallest absolute Gasteiger partial charge is 0.123 e. The highest BCUT2D eigenvalue weighted by Gasteiger charge is 2.25. The Morgan fingerprint density at radius 1 is 1.50 bits per heavy atom. The third kappa shape index (κ3) is 2.44. The van der Waals surface area contributed by atoms with E-state index in [1.165, 1.54) is 18.5 Å². The van der Waals surface area contributed by atoms with Crippen molar-refractivity contribution < 1.29 is 0 Å². The van der Waals surface area contributed by atoms with Crippen LogP contribution < -0.4 is 10.6 Å². The van der Waals surface area contributed by atoms with E-state index in [-0.39, 0.29) is 0 Å². The summed E-state index contributed by atoms with van der Waals surface area (Å²) in [5.74, 6) is 0.590. The van der Waals surface area contributed by atoms with Crippen molar-refractivity contribution in [1.29, 1.82) is 0 Å². The number of pyridine rings is 1. The van der Waals surface area contributed by atoms with E-state index >= 15 is 0 Å². The second kappa shape index (κ2) is 4.70. The number of anilines is 2. The van der Waals surface area contributed by atoms with Gasteiger partial charge >= 0.3 is 0 Å². The summed E-state index contributed by atoms with van der Waals surface area (Å²) in [6.07, 6.45) is 4.41. The third-order valence-corrected chi connectivity index (χ3v) is 3.06. The van der Waals surface area contributed by atoms with Gasteiger partial charge in [0.15, 0.2) is 0 Å². The van der Waals surface area contributed by atoms with E-state index in [1.54, 1.807) is 0 Å². The summed E-state index contributed by atoms with van der Waals surface area (Å²) in [5.41, 5.74) is 6.80. The minimum absolute atomic E-state index is 0.590. The molecule has 0 bridgehead atoms. The van der Waals surface area contributed by atoms with Gasteiger partial charge in [0.2, 0.25) is 0 Å². The molecule has 1 aromatic heterocycles. The molecule has 0 radical (unpaired) electrons. The van der Waals surface area contributed by atoms with Crippen molar-refractivity contribution in [3.8, 4) is 0 Å². The number of likely N-dealkylation sites (N-methyl/N-ethyl adjacent to an activating group) is 1. The molecule has 1 unspecified atom stereocenters. The van der Waals surface area contributed by atoms with Crippen molar-refractivity contribution in [2.24, 2.45) is 0 Å². The Morgan fingerprint density at radius 3 is 2.94 bits per heavy atom. The van der Waals surface area contributed by atoms with Gasteiger partial charge in [-0.3, -0.25) is 0 Å². The van der Waals surface area contributed by atoms with Gasteiger partial charge in [-0.25, -0.2) is 4.98 Å². The van der Waals surface area contributed by atoms with Crippen molar-refractivity contribution >= 4 is 11.5 Å². The van der Waals surface area contributed by atoms with Gasteiger partial charge in [0.05, 0.1) is 11.9 Å². The van der Waals surface area contributed by atoms with Crippen molar-refractivity contribution in [3.05, 3.63) is 18.3 Å². The Balaban J connectivity index is 2.10. The molecule has 1 fully saturated rings. The topological polar surface area (TPSA) is 45.4 Å². The average Bonchev–Trinajstić information content (AvgIpc) is 2.66. The fourth-order valence-electron chi connectivity index (χ4n) is 2.35. The van der Waals surface area contributed by atoms with E-state index in [0.29, 0.717) is 11.9 Å². The summed E-state index contributed by atoms with van der Waals surface area (Å²) < 4.78 is 0. The minimum atomic E-state index is 0.590. The van der Waals surface area contributed by atoms with Gasteiger partial charge in [-0.2, -0.15) is 0 Å². The van der Waals surface area contributed by atoms with E-state index in [9.17, 15) is 0 Å². The molecule has 16 heavy (non-hydrogen) atoms. The zero-order chi connectivity index (χ0) is 11.5. The molecule has 0 saturated carbocycles. The number of rotatable bonds is 3. The van der Waals surface area contributed by atoms with E-state index in [1.807, 2.05) is 12.3 Å². The van der Waals surface area contributed by atoms with Crippen LogP contribution in [-0.4, -0.2) is 43.1 Å². The molecular formula is C12H20N4. The zero-order valence-electron chi connectivity index (χ0n) is 10.1. The van der Waals surface area contributed by atoms with Crippen molar-refractivity contribution in [3.63, 3.8) is 0 Å². The number of hydrogen-bond acceptors (Lipinski definition) is 4. The predicted molar refractivity (Wildman–Crippen MR) is 67.6 cm³/mol. The van der Waals surface area contributed by atoms with Gasteiger partial charge in [0.25, 0.3) is 0 Å². The zero-order valence-corrected chi connectivity index (χ0v) is 10.1. The van der Waals surface area contributed by atoms with Gasteiger partial charge in [-0.05, 0) is 39.1 Å². The van der Waals surface area contributed by atoms with Gasteiger partial charge < -0.3 is 15.5 Å². The minimum Gasteiger partial charge on any atom is -0.384 e. The molecule has 88 valence electrons. The fourth-order valence-corrected chi connectivity index (χ4v) is 2.35. The van der Waals surface area contributed by atoms with Gasteiger partial charge in [0.1, 0.15) is 5.82 Å². The Kier molecular flexibility index (Phi) is 3.29. The summed E-state index contributed by atoms with van der Waals surface area (Å²) in [6.45, 7) is 2.23. The first-order valence-electron chi connectivity index (χ1n) is 5.80. The third-order valence-electron chi connectivity index (χ3n) is 3.06. The van der Waals surface area contributed by atoms with Crippen LogP contribution in [-0.2, 0) is 0 Å². The van der Waals surface area contributed by atoms with Crippen LogP contribution in [0.4, 0.5) is 11.5 Å². The van der Waals surface area contributed by atoms with E-state index < -0.39 is 0 Å². The van der Waals surface area contributed by atoms with Crippen LogP contribution in [0.3, 0.4) is 0 Å². The SMILES string of the molecule is CN(C)CC1CCCN1c1ccc(N)nc1. The summed E-state index contributed by atoms with van der Waals surface area (Å²) in [7, 11) is 4.25. The van der Waals surface area contributed by atoms with Crippen LogP contribution in [0.25, 0.3) is 0 Å². The Morgan fingerprint density at radius 2 is 2.31 bits per heavy atom. The highest BCUT2D eigenvalue weighted by molar-refractivity contribution is 5.49. The predicted octanol–water partition coefficient (Wildman–Crippen LogP) is 1.19. The van der Waals surface area contributed by atoms with Crippen LogP contribution >= 0.6 is 0 Å².